The molecule has 0 bridgehead atoms. The van der Waals surface area contributed by atoms with Crippen LogP contribution in [0, 0.1) is 0 Å². The van der Waals surface area contributed by atoms with Gasteiger partial charge in [0.25, 0.3) is 11.8 Å². The summed E-state index contributed by atoms with van der Waals surface area (Å²) < 4.78 is 5.23. The van der Waals surface area contributed by atoms with Gasteiger partial charge >= 0.3 is 5.97 Å². The SMILES string of the molecule is CCCCOC(=O)c1ccc(NC(=O)C(C)Sc2ccc(NC(=O)/C(=C/c3ccc(N(C)C)cc3)NC(=O)c3ccccc3)cc2)cc1. The number of rotatable bonds is 14. The van der Waals surface area contributed by atoms with Gasteiger partial charge in [0.15, 0.2) is 0 Å². The van der Waals surface area contributed by atoms with E-state index in [9.17, 15) is 19.2 Å². The number of ether oxygens (including phenoxy) is 1. The Hall–Kier alpha value is -5.35. The summed E-state index contributed by atoms with van der Waals surface area (Å²) in [5.74, 6) is -1.46. The van der Waals surface area contributed by atoms with Gasteiger partial charge in [0, 0.05) is 41.6 Å². The topological polar surface area (TPSA) is 117 Å². The zero-order chi connectivity index (χ0) is 34.5. The van der Waals surface area contributed by atoms with Crippen LogP contribution in [0.25, 0.3) is 6.08 Å². The Labute approximate surface area is 285 Å². The molecule has 3 amide bonds. The van der Waals surface area contributed by atoms with Gasteiger partial charge in [0.1, 0.15) is 5.70 Å². The summed E-state index contributed by atoms with van der Waals surface area (Å²) in [6, 6.07) is 30.0. The maximum Gasteiger partial charge on any atom is 0.338 e. The minimum Gasteiger partial charge on any atom is -0.462 e. The number of anilines is 3. The predicted molar refractivity (Wildman–Crippen MR) is 193 cm³/mol. The number of amides is 3. The summed E-state index contributed by atoms with van der Waals surface area (Å²) in [5, 5.41) is 8.06. The Morgan fingerprint density at radius 3 is 2.04 bits per heavy atom. The van der Waals surface area contributed by atoms with E-state index < -0.39 is 17.1 Å². The minimum absolute atomic E-state index is 0.0895. The minimum atomic E-state index is -0.482. The van der Waals surface area contributed by atoms with E-state index in [2.05, 4.69) is 16.0 Å². The Morgan fingerprint density at radius 1 is 0.792 bits per heavy atom. The number of nitrogens with one attached hydrogen (secondary N) is 3. The third-order valence-electron chi connectivity index (χ3n) is 7.16. The summed E-state index contributed by atoms with van der Waals surface area (Å²) in [6.45, 7) is 4.21. The highest BCUT2D eigenvalue weighted by atomic mass is 32.2. The van der Waals surface area contributed by atoms with Crippen molar-refractivity contribution in [1.29, 1.82) is 0 Å². The number of hydrogen-bond acceptors (Lipinski definition) is 7. The number of benzene rings is 4. The molecule has 48 heavy (non-hydrogen) atoms. The van der Waals surface area contributed by atoms with Crippen molar-refractivity contribution in [3.8, 4) is 0 Å². The lowest BCUT2D eigenvalue weighted by Gasteiger charge is -2.14. The van der Waals surface area contributed by atoms with Crippen molar-refractivity contribution in [2.75, 3.05) is 36.2 Å². The normalized spacial score (nSPS) is 11.6. The van der Waals surface area contributed by atoms with Gasteiger partial charge in [-0.15, -0.1) is 11.8 Å². The molecule has 4 aromatic rings. The monoisotopic (exact) mass is 664 g/mol. The number of thioether (sulfide) groups is 1. The average molecular weight is 665 g/mol. The van der Waals surface area contributed by atoms with E-state index in [1.165, 1.54) is 11.8 Å². The van der Waals surface area contributed by atoms with Crippen LogP contribution in [0.2, 0.25) is 0 Å². The quantitative estimate of drug-likeness (QED) is 0.0563. The van der Waals surface area contributed by atoms with Gasteiger partial charge in [0.2, 0.25) is 5.91 Å². The zero-order valence-electron chi connectivity index (χ0n) is 27.5. The van der Waals surface area contributed by atoms with E-state index in [4.69, 9.17) is 4.74 Å². The van der Waals surface area contributed by atoms with Crippen molar-refractivity contribution >= 4 is 58.6 Å². The van der Waals surface area contributed by atoms with Crippen molar-refractivity contribution in [1.82, 2.24) is 5.32 Å². The molecule has 1 unspecified atom stereocenters. The molecule has 248 valence electrons. The second-order valence-corrected chi connectivity index (χ2v) is 12.6. The molecule has 10 heteroatoms. The van der Waals surface area contributed by atoms with E-state index in [0.29, 0.717) is 29.1 Å². The maximum absolute atomic E-state index is 13.4. The third kappa shape index (κ3) is 10.6. The van der Waals surface area contributed by atoms with Gasteiger partial charge in [-0.1, -0.05) is 43.7 Å². The van der Waals surface area contributed by atoms with Crippen LogP contribution in [-0.4, -0.2) is 49.6 Å². The largest absolute Gasteiger partial charge is 0.462 e. The van der Waals surface area contributed by atoms with E-state index in [-0.39, 0.29) is 17.6 Å². The third-order valence-corrected chi connectivity index (χ3v) is 8.27. The molecule has 3 N–H and O–H groups in total. The number of hydrogen-bond donors (Lipinski definition) is 3. The molecule has 0 saturated heterocycles. The molecule has 0 spiro atoms. The first-order valence-corrected chi connectivity index (χ1v) is 16.5. The molecular weight excluding hydrogens is 625 g/mol. The van der Waals surface area contributed by atoms with Crippen LogP contribution in [0.4, 0.5) is 17.1 Å². The first-order chi connectivity index (χ1) is 23.1. The first kappa shape index (κ1) is 35.5. The molecule has 0 aliphatic carbocycles. The van der Waals surface area contributed by atoms with Crippen LogP contribution < -0.4 is 20.9 Å². The smallest absolute Gasteiger partial charge is 0.338 e. The number of nitrogens with zero attached hydrogens (tertiary/aromatic N) is 1. The van der Waals surface area contributed by atoms with Gasteiger partial charge in [-0.2, -0.15) is 0 Å². The summed E-state index contributed by atoms with van der Waals surface area (Å²) >= 11 is 1.36. The van der Waals surface area contributed by atoms with E-state index in [0.717, 1.165) is 29.0 Å². The highest BCUT2D eigenvalue weighted by molar-refractivity contribution is 8.00. The van der Waals surface area contributed by atoms with Crippen LogP contribution in [-0.2, 0) is 14.3 Å². The Kier molecular flexibility index (Phi) is 13.0. The molecular formula is C38H40N4O5S. The number of esters is 1. The standard InChI is InChI=1S/C38H40N4O5S/c1-5-6-24-47-38(46)29-14-16-30(17-15-29)39-35(43)26(2)48-33-22-18-31(19-23-33)40-37(45)34(41-36(44)28-10-8-7-9-11-28)25-27-12-20-32(21-13-27)42(3)4/h7-23,25-26H,5-6,24H2,1-4H3,(H,39,43)(H,40,45)(H,41,44)/b34-25-. The fourth-order valence-electron chi connectivity index (χ4n) is 4.38. The lowest BCUT2D eigenvalue weighted by molar-refractivity contribution is -0.115. The van der Waals surface area contributed by atoms with Crippen molar-refractivity contribution in [2.24, 2.45) is 0 Å². The molecule has 0 fully saturated rings. The highest BCUT2D eigenvalue weighted by Gasteiger charge is 2.17. The molecule has 0 aromatic heterocycles. The number of carbonyl (C=O) groups is 4. The van der Waals surface area contributed by atoms with Gasteiger partial charge in [-0.05, 0) is 97.8 Å². The second-order valence-electron chi connectivity index (χ2n) is 11.2. The summed E-state index contributed by atoms with van der Waals surface area (Å²) in [6.07, 6.45) is 3.39. The van der Waals surface area contributed by atoms with Crippen molar-refractivity contribution in [2.45, 2.75) is 36.8 Å². The van der Waals surface area contributed by atoms with E-state index >= 15 is 0 Å². The predicted octanol–water partition coefficient (Wildman–Crippen LogP) is 7.24. The van der Waals surface area contributed by atoms with Gasteiger partial charge in [0.05, 0.1) is 17.4 Å². The molecule has 0 saturated carbocycles. The molecule has 1 atom stereocenters. The first-order valence-electron chi connectivity index (χ1n) is 15.6. The molecule has 4 rings (SSSR count). The van der Waals surface area contributed by atoms with Gasteiger partial charge < -0.3 is 25.6 Å². The van der Waals surface area contributed by atoms with Crippen molar-refractivity contribution < 1.29 is 23.9 Å². The fourth-order valence-corrected chi connectivity index (χ4v) is 5.24. The van der Waals surface area contributed by atoms with Gasteiger partial charge in [-0.3, -0.25) is 14.4 Å². The Bertz CT molecular complexity index is 1720. The van der Waals surface area contributed by atoms with Crippen LogP contribution in [0.3, 0.4) is 0 Å². The number of carbonyl (C=O) groups excluding carboxylic acids is 4. The summed E-state index contributed by atoms with van der Waals surface area (Å²) in [7, 11) is 3.89. The van der Waals surface area contributed by atoms with E-state index in [1.54, 1.807) is 73.7 Å². The van der Waals surface area contributed by atoms with E-state index in [1.807, 2.05) is 68.4 Å². The molecule has 9 nitrogen and oxygen atoms in total. The Balaban J connectivity index is 1.37. The molecule has 0 heterocycles. The molecule has 0 aliphatic heterocycles. The molecule has 0 aliphatic rings. The molecule has 0 radical (unpaired) electrons. The average Bonchev–Trinajstić information content (AvgIpc) is 3.09. The lowest BCUT2D eigenvalue weighted by Crippen LogP contribution is -2.30. The summed E-state index contributed by atoms with van der Waals surface area (Å²) in [5.41, 5.74) is 3.80. The van der Waals surface area contributed by atoms with Crippen LogP contribution in [0.5, 0.6) is 0 Å². The van der Waals surface area contributed by atoms with Crippen LogP contribution in [0.15, 0.2) is 114 Å². The highest BCUT2D eigenvalue weighted by Crippen LogP contribution is 2.26. The molecule has 4 aromatic carbocycles. The maximum atomic E-state index is 13.4. The van der Waals surface area contributed by atoms with Gasteiger partial charge in [-0.25, -0.2) is 4.79 Å². The van der Waals surface area contributed by atoms with Crippen molar-refractivity contribution in [3.63, 3.8) is 0 Å². The summed E-state index contributed by atoms with van der Waals surface area (Å²) in [4.78, 5) is 54.2. The van der Waals surface area contributed by atoms with Crippen LogP contribution in [0.1, 0.15) is 53.0 Å². The number of unbranched alkanes of at least 4 members (excludes halogenated alkanes) is 1. The second kappa shape index (κ2) is 17.5. The Morgan fingerprint density at radius 2 is 1.42 bits per heavy atom. The van der Waals surface area contributed by atoms with Crippen molar-refractivity contribution in [3.05, 3.63) is 126 Å². The zero-order valence-corrected chi connectivity index (χ0v) is 28.3. The lowest BCUT2D eigenvalue weighted by atomic mass is 10.1. The van der Waals surface area contributed by atoms with Crippen LogP contribution >= 0.6 is 11.8 Å². The fraction of sp³-hybridized carbons (Fsp3) is 0.211.